The third-order valence-electron chi connectivity index (χ3n) is 3.40. The highest BCUT2D eigenvalue weighted by Crippen LogP contribution is 2.32. The van der Waals surface area contributed by atoms with Gasteiger partial charge in [0.2, 0.25) is 10.0 Å². The fraction of sp³-hybridized carbons (Fsp3) is 0.200. The normalized spacial score (nSPS) is 11.7. The lowest BCUT2D eigenvalue weighted by Gasteiger charge is -2.11. The van der Waals surface area contributed by atoms with Gasteiger partial charge in [-0.15, -0.1) is 0 Å². The molecule has 0 aliphatic carbocycles. The Hall–Kier alpha value is -2.41. The van der Waals surface area contributed by atoms with Crippen molar-refractivity contribution in [2.75, 3.05) is 12.9 Å². The summed E-state index contributed by atoms with van der Waals surface area (Å²) in [6, 6.07) is 8.81. The molecule has 1 aromatic carbocycles. The molecule has 0 spiro atoms. The smallest absolute Gasteiger partial charge is 0.240 e. The van der Waals surface area contributed by atoms with Crippen LogP contribution >= 0.6 is 0 Å². The molecule has 0 saturated carbocycles. The molecule has 114 valence electrons. The lowest BCUT2D eigenvalue weighted by atomic mass is 10.2. The Balaban J connectivity index is 2.42. The lowest BCUT2D eigenvalue weighted by molar-refractivity contribution is 0.415. The molecule has 0 aliphatic heterocycles. The van der Waals surface area contributed by atoms with Crippen molar-refractivity contribution in [1.82, 2.24) is 13.9 Å². The second-order valence-corrected chi connectivity index (χ2v) is 6.77. The lowest BCUT2D eigenvalue weighted by Crippen LogP contribution is -2.16. The minimum Gasteiger partial charge on any atom is -0.496 e. The Morgan fingerprint density at radius 3 is 2.73 bits per heavy atom. The number of ether oxygens (including phenoxy) is 1. The number of para-hydroxylation sites is 2. The molecule has 0 bridgehead atoms. The van der Waals surface area contributed by atoms with Crippen molar-refractivity contribution >= 4 is 21.1 Å². The molecule has 0 N–H and O–H groups in total. The van der Waals surface area contributed by atoms with E-state index in [1.807, 2.05) is 6.07 Å². The average Bonchev–Trinajstić information content (AvgIpc) is 2.94. The topological polar surface area (TPSA) is 74.1 Å². The van der Waals surface area contributed by atoms with Gasteiger partial charge in [-0.25, -0.2) is 17.4 Å². The van der Waals surface area contributed by atoms with Crippen LogP contribution in [-0.2, 0) is 10.0 Å². The van der Waals surface area contributed by atoms with Crippen LogP contribution in [0.4, 0.5) is 0 Å². The van der Waals surface area contributed by atoms with Crippen LogP contribution in [0.5, 0.6) is 5.75 Å². The van der Waals surface area contributed by atoms with E-state index in [9.17, 15) is 8.42 Å². The van der Waals surface area contributed by atoms with Gasteiger partial charge in [0.05, 0.1) is 29.5 Å². The van der Waals surface area contributed by atoms with Crippen molar-refractivity contribution in [3.63, 3.8) is 0 Å². The SMILES string of the molecule is CCS(=O)(=O)n1c(-c2cnccc2OC)nc2ccccc21. The summed E-state index contributed by atoms with van der Waals surface area (Å²) >= 11 is 0. The van der Waals surface area contributed by atoms with E-state index in [0.29, 0.717) is 28.2 Å². The summed E-state index contributed by atoms with van der Waals surface area (Å²) in [5, 5.41) is 0. The van der Waals surface area contributed by atoms with Crippen LogP contribution in [0.25, 0.3) is 22.4 Å². The average molecular weight is 317 g/mol. The molecule has 3 rings (SSSR count). The van der Waals surface area contributed by atoms with Gasteiger partial charge in [-0.2, -0.15) is 0 Å². The van der Waals surface area contributed by atoms with Crippen molar-refractivity contribution in [2.45, 2.75) is 6.92 Å². The molecule has 0 atom stereocenters. The predicted molar refractivity (Wildman–Crippen MR) is 84.4 cm³/mol. The molecule has 0 unspecified atom stereocenters. The summed E-state index contributed by atoms with van der Waals surface area (Å²) in [6.07, 6.45) is 3.14. The number of methoxy groups -OCH3 is 1. The maximum atomic E-state index is 12.5. The number of hydrogen-bond donors (Lipinski definition) is 0. The van der Waals surface area contributed by atoms with E-state index in [1.54, 1.807) is 43.6 Å². The minimum atomic E-state index is -3.51. The zero-order chi connectivity index (χ0) is 15.7. The van der Waals surface area contributed by atoms with Crippen LogP contribution in [0.2, 0.25) is 0 Å². The van der Waals surface area contributed by atoms with Crippen molar-refractivity contribution in [2.24, 2.45) is 0 Å². The fourth-order valence-electron chi connectivity index (χ4n) is 2.31. The maximum Gasteiger partial charge on any atom is 0.240 e. The Labute approximate surface area is 128 Å². The van der Waals surface area contributed by atoms with E-state index < -0.39 is 10.0 Å². The fourth-order valence-corrected chi connectivity index (χ4v) is 3.43. The third kappa shape index (κ3) is 2.23. The van der Waals surface area contributed by atoms with Crippen LogP contribution in [0.1, 0.15) is 6.92 Å². The van der Waals surface area contributed by atoms with E-state index in [4.69, 9.17) is 4.74 Å². The number of imidazole rings is 1. The van der Waals surface area contributed by atoms with Crippen molar-refractivity contribution in [3.8, 4) is 17.1 Å². The minimum absolute atomic E-state index is 0.0249. The highest BCUT2D eigenvalue weighted by Gasteiger charge is 2.23. The van der Waals surface area contributed by atoms with Gasteiger partial charge >= 0.3 is 0 Å². The first-order valence-electron chi connectivity index (χ1n) is 6.77. The molecule has 7 heteroatoms. The number of benzene rings is 1. The number of pyridine rings is 1. The summed E-state index contributed by atoms with van der Waals surface area (Å²) in [6.45, 7) is 1.61. The van der Waals surface area contributed by atoms with Crippen molar-refractivity contribution < 1.29 is 13.2 Å². The zero-order valence-electron chi connectivity index (χ0n) is 12.2. The Kier molecular flexibility index (Phi) is 3.58. The molecule has 22 heavy (non-hydrogen) atoms. The summed E-state index contributed by atoms with van der Waals surface area (Å²) < 4.78 is 31.6. The molecule has 6 nitrogen and oxygen atoms in total. The molecule has 0 amide bonds. The largest absolute Gasteiger partial charge is 0.496 e. The molecule has 0 radical (unpaired) electrons. The third-order valence-corrected chi connectivity index (χ3v) is 5.06. The first-order chi connectivity index (χ1) is 10.6. The second-order valence-electron chi connectivity index (χ2n) is 4.67. The summed E-state index contributed by atoms with van der Waals surface area (Å²) in [7, 11) is -1.99. The van der Waals surface area contributed by atoms with Gasteiger partial charge in [-0.3, -0.25) is 4.98 Å². The highest BCUT2D eigenvalue weighted by molar-refractivity contribution is 7.90. The second kappa shape index (κ2) is 5.42. The van der Waals surface area contributed by atoms with Crippen LogP contribution in [0, 0.1) is 0 Å². The van der Waals surface area contributed by atoms with E-state index >= 15 is 0 Å². The molecule has 2 aromatic heterocycles. The molecular weight excluding hydrogens is 302 g/mol. The summed E-state index contributed by atoms with van der Waals surface area (Å²) in [4.78, 5) is 8.53. The van der Waals surface area contributed by atoms with Crippen LogP contribution in [0.3, 0.4) is 0 Å². The molecule has 0 fully saturated rings. The van der Waals surface area contributed by atoms with E-state index in [2.05, 4.69) is 9.97 Å². The van der Waals surface area contributed by atoms with Gasteiger partial charge in [0.25, 0.3) is 0 Å². The molecule has 3 aromatic rings. The number of nitrogens with zero attached hydrogens (tertiary/aromatic N) is 3. The summed E-state index contributed by atoms with van der Waals surface area (Å²) in [5.74, 6) is 0.814. The van der Waals surface area contributed by atoms with E-state index in [-0.39, 0.29) is 5.75 Å². The van der Waals surface area contributed by atoms with Crippen LogP contribution < -0.4 is 4.74 Å². The number of aromatic nitrogens is 3. The van der Waals surface area contributed by atoms with Gasteiger partial charge in [-0.05, 0) is 25.1 Å². The Morgan fingerprint density at radius 2 is 2.00 bits per heavy atom. The maximum absolute atomic E-state index is 12.5. The van der Waals surface area contributed by atoms with Crippen LogP contribution in [-0.4, -0.2) is 35.2 Å². The first-order valence-corrected chi connectivity index (χ1v) is 8.38. The Morgan fingerprint density at radius 1 is 1.23 bits per heavy atom. The van der Waals surface area contributed by atoms with Gasteiger partial charge < -0.3 is 4.74 Å². The standard InChI is InChI=1S/C15H15N3O3S/c1-3-22(19,20)18-13-7-5-4-6-12(13)17-15(18)11-10-16-9-8-14(11)21-2/h4-10H,3H2,1-2H3. The van der Waals surface area contributed by atoms with E-state index in [0.717, 1.165) is 0 Å². The highest BCUT2D eigenvalue weighted by atomic mass is 32.2. The predicted octanol–water partition coefficient (Wildman–Crippen LogP) is 2.30. The van der Waals surface area contributed by atoms with Gasteiger partial charge in [0, 0.05) is 12.4 Å². The van der Waals surface area contributed by atoms with Gasteiger partial charge in [0.1, 0.15) is 5.75 Å². The number of rotatable bonds is 4. The Bertz CT molecular complexity index is 932. The zero-order valence-corrected chi connectivity index (χ0v) is 13.0. The van der Waals surface area contributed by atoms with Gasteiger partial charge in [-0.1, -0.05) is 12.1 Å². The van der Waals surface area contributed by atoms with Gasteiger partial charge in [0.15, 0.2) is 5.82 Å². The monoisotopic (exact) mass is 317 g/mol. The quantitative estimate of drug-likeness (QED) is 0.738. The number of fused-ring (bicyclic) bond motifs is 1. The molecule has 0 saturated heterocycles. The molecule has 2 heterocycles. The van der Waals surface area contributed by atoms with Crippen molar-refractivity contribution in [3.05, 3.63) is 42.7 Å². The molecule has 0 aliphatic rings. The van der Waals surface area contributed by atoms with Crippen LogP contribution in [0.15, 0.2) is 42.7 Å². The van der Waals surface area contributed by atoms with Crippen molar-refractivity contribution in [1.29, 1.82) is 0 Å². The first kappa shape index (κ1) is 14.5. The number of hydrogen-bond acceptors (Lipinski definition) is 5. The summed E-state index contributed by atoms with van der Waals surface area (Å²) in [5.41, 5.74) is 1.70. The molecular formula is C15H15N3O3S. The van der Waals surface area contributed by atoms with E-state index in [1.165, 1.54) is 11.1 Å².